The smallest absolute Gasteiger partial charge is 0.257 e. The molecule has 5 rings (SSSR count). The Labute approximate surface area is 191 Å². The minimum atomic E-state index is -0.366. The zero-order chi connectivity index (χ0) is 21.4. The van der Waals surface area contributed by atoms with Gasteiger partial charge in [0, 0.05) is 11.1 Å². The third-order valence-electron chi connectivity index (χ3n) is 4.62. The molecule has 4 aromatic rings. The van der Waals surface area contributed by atoms with E-state index >= 15 is 0 Å². The lowest BCUT2D eigenvalue weighted by Gasteiger charge is -2.12. The molecule has 0 fully saturated rings. The molecule has 1 aliphatic heterocycles. The van der Waals surface area contributed by atoms with Gasteiger partial charge in [0.2, 0.25) is 6.79 Å². The summed E-state index contributed by atoms with van der Waals surface area (Å²) in [5.41, 5.74) is 2.83. The molecule has 31 heavy (non-hydrogen) atoms. The van der Waals surface area contributed by atoms with Gasteiger partial charge in [-0.05, 0) is 54.7 Å². The van der Waals surface area contributed by atoms with Crippen molar-refractivity contribution in [3.8, 4) is 22.1 Å². The van der Waals surface area contributed by atoms with Crippen molar-refractivity contribution in [3.05, 3.63) is 71.2 Å². The number of aromatic nitrogens is 1. The second-order valence-electron chi connectivity index (χ2n) is 6.66. The third kappa shape index (κ3) is 4.05. The van der Waals surface area contributed by atoms with Crippen molar-refractivity contribution >= 4 is 62.1 Å². The van der Waals surface area contributed by atoms with E-state index in [1.807, 2.05) is 36.4 Å². The van der Waals surface area contributed by atoms with Crippen LogP contribution in [-0.2, 0) is 0 Å². The van der Waals surface area contributed by atoms with E-state index in [1.54, 1.807) is 35.6 Å². The number of thiazole rings is 1. The number of thiocarbonyl (C=S) groups is 1. The minimum absolute atomic E-state index is 0.131. The molecule has 0 unspecified atom stereocenters. The lowest BCUT2D eigenvalue weighted by atomic mass is 10.2. The van der Waals surface area contributed by atoms with Gasteiger partial charge in [0.1, 0.15) is 5.01 Å². The summed E-state index contributed by atoms with van der Waals surface area (Å²) >= 11 is 13.2. The zero-order valence-electron chi connectivity index (χ0n) is 15.8. The van der Waals surface area contributed by atoms with E-state index in [4.69, 9.17) is 33.3 Å². The number of para-hydroxylation sites is 1. The van der Waals surface area contributed by atoms with Crippen LogP contribution >= 0.6 is 35.2 Å². The van der Waals surface area contributed by atoms with Gasteiger partial charge >= 0.3 is 0 Å². The SMILES string of the molecule is O=C(NC(=S)Nc1cc(-c2nc3ccccc3s2)ccc1Cl)c1ccc2c(c1)OCO2. The largest absolute Gasteiger partial charge is 0.454 e. The van der Waals surface area contributed by atoms with E-state index in [-0.39, 0.29) is 17.8 Å². The van der Waals surface area contributed by atoms with Crippen LogP contribution in [0, 0.1) is 0 Å². The molecule has 0 radical (unpaired) electrons. The number of amides is 1. The van der Waals surface area contributed by atoms with Crippen LogP contribution in [0.4, 0.5) is 5.69 Å². The zero-order valence-corrected chi connectivity index (χ0v) is 18.2. The Hall–Kier alpha value is -3.20. The van der Waals surface area contributed by atoms with E-state index in [2.05, 4.69) is 15.6 Å². The van der Waals surface area contributed by atoms with Crippen LogP contribution in [0.3, 0.4) is 0 Å². The van der Waals surface area contributed by atoms with E-state index in [0.29, 0.717) is 27.8 Å². The molecule has 0 bridgehead atoms. The summed E-state index contributed by atoms with van der Waals surface area (Å²) in [5, 5.41) is 7.13. The first-order valence-electron chi connectivity index (χ1n) is 9.24. The van der Waals surface area contributed by atoms with Crippen LogP contribution in [0.2, 0.25) is 5.02 Å². The van der Waals surface area contributed by atoms with Crippen molar-refractivity contribution < 1.29 is 14.3 Å². The Morgan fingerprint density at radius 2 is 1.90 bits per heavy atom. The van der Waals surface area contributed by atoms with E-state index in [1.165, 1.54) is 0 Å². The molecule has 3 aromatic carbocycles. The molecule has 6 nitrogen and oxygen atoms in total. The number of nitrogens with one attached hydrogen (secondary N) is 2. The molecule has 0 atom stereocenters. The number of benzene rings is 3. The van der Waals surface area contributed by atoms with Crippen LogP contribution in [0.5, 0.6) is 11.5 Å². The molecule has 9 heteroatoms. The monoisotopic (exact) mass is 467 g/mol. The summed E-state index contributed by atoms with van der Waals surface area (Å²) in [6.45, 7) is 0.143. The molecule has 0 aliphatic carbocycles. The highest BCUT2D eigenvalue weighted by molar-refractivity contribution is 7.80. The first kappa shape index (κ1) is 19.7. The molecule has 154 valence electrons. The first-order valence-corrected chi connectivity index (χ1v) is 10.8. The molecule has 0 spiro atoms. The Balaban J connectivity index is 1.32. The number of fused-ring (bicyclic) bond motifs is 2. The van der Waals surface area contributed by atoms with Crippen molar-refractivity contribution in [2.24, 2.45) is 0 Å². The highest BCUT2D eigenvalue weighted by Gasteiger charge is 2.17. The van der Waals surface area contributed by atoms with Gasteiger partial charge < -0.3 is 14.8 Å². The molecule has 1 aromatic heterocycles. The molecule has 0 saturated carbocycles. The van der Waals surface area contributed by atoms with Crippen molar-refractivity contribution in [2.75, 3.05) is 12.1 Å². The Morgan fingerprint density at radius 1 is 1.06 bits per heavy atom. The average molecular weight is 468 g/mol. The fraction of sp³-hybridized carbons (Fsp3) is 0.0455. The highest BCUT2D eigenvalue weighted by atomic mass is 35.5. The van der Waals surface area contributed by atoms with Crippen molar-refractivity contribution in [2.45, 2.75) is 0 Å². The van der Waals surface area contributed by atoms with Gasteiger partial charge in [-0.2, -0.15) is 0 Å². The van der Waals surface area contributed by atoms with E-state index in [0.717, 1.165) is 20.8 Å². The molecule has 1 amide bonds. The molecule has 0 saturated heterocycles. The lowest BCUT2D eigenvalue weighted by molar-refractivity contribution is 0.0977. The predicted molar refractivity (Wildman–Crippen MR) is 126 cm³/mol. The Bertz CT molecular complexity index is 1310. The number of anilines is 1. The predicted octanol–water partition coefficient (Wildman–Crippen LogP) is 5.47. The minimum Gasteiger partial charge on any atom is -0.454 e. The fourth-order valence-electron chi connectivity index (χ4n) is 3.12. The van der Waals surface area contributed by atoms with Crippen molar-refractivity contribution in [3.63, 3.8) is 0 Å². The number of nitrogens with zero attached hydrogens (tertiary/aromatic N) is 1. The van der Waals surface area contributed by atoms with Gasteiger partial charge in [0.15, 0.2) is 16.6 Å². The maximum Gasteiger partial charge on any atom is 0.257 e. The molecule has 2 heterocycles. The summed E-state index contributed by atoms with van der Waals surface area (Å²) in [6, 6.07) is 18.4. The van der Waals surface area contributed by atoms with Crippen LogP contribution in [0.1, 0.15) is 10.4 Å². The number of halogens is 1. The van der Waals surface area contributed by atoms with E-state index < -0.39 is 0 Å². The second kappa shape index (κ2) is 8.14. The Kier molecular flexibility index (Phi) is 5.19. The number of rotatable bonds is 3. The molecular weight excluding hydrogens is 454 g/mol. The van der Waals surface area contributed by atoms with Gasteiger partial charge in [-0.15, -0.1) is 11.3 Å². The van der Waals surface area contributed by atoms with Crippen LogP contribution < -0.4 is 20.1 Å². The fourth-order valence-corrected chi connectivity index (χ4v) is 4.45. The topological polar surface area (TPSA) is 72.5 Å². The van der Waals surface area contributed by atoms with Gasteiger partial charge in [0.25, 0.3) is 5.91 Å². The standard InChI is InChI=1S/C22H14ClN3O3S2/c23-14-7-5-13(21-24-15-3-1-2-4-19(15)31-21)9-16(14)25-22(30)26-20(27)12-6-8-17-18(10-12)29-11-28-17/h1-10H,11H2,(H2,25,26,27,30). The first-order chi connectivity index (χ1) is 15.1. The van der Waals surface area contributed by atoms with Gasteiger partial charge in [-0.3, -0.25) is 10.1 Å². The maximum absolute atomic E-state index is 12.5. The molecular formula is C22H14ClN3O3S2. The van der Waals surface area contributed by atoms with Crippen LogP contribution in [0.15, 0.2) is 60.7 Å². The maximum atomic E-state index is 12.5. The van der Waals surface area contributed by atoms with Crippen molar-refractivity contribution in [1.82, 2.24) is 10.3 Å². The number of hydrogen-bond acceptors (Lipinski definition) is 6. The highest BCUT2D eigenvalue weighted by Crippen LogP contribution is 2.34. The lowest BCUT2D eigenvalue weighted by Crippen LogP contribution is -2.34. The van der Waals surface area contributed by atoms with Gasteiger partial charge in [-0.1, -0.05) is 29.8 Å². The Morgan fingerprint density at radius 3 is 2.77 bits per heavy atom. The summed E-state index contributed by atoms with van der Waals surface area (Å²) in [4.78, 5) is 17.2. The van der Waals surface area contributed by atoms with Gasteiger partial charge in [0.05, 0.1) is 20.9 Å². The number of ether oxygens (including phenoxy) is 2. The van der Waals surface area contributed by atoms with Crippen molar-refractivity contribution in [1.29, 1.82) is 0 Å². The number of hydrogen-bond donors (Lipinski definition) is 2. The van der Waals surface area contributed by atoms with E-state index in [9.17, 15) is 4.79 Å². The van der Waals surface area contributed by atoms with Crippen LogP contribution in [-0.4, -0.2) is 22.8 Å². The summed E-state index contributed by atoms with van der Waals surface area (Å²) in [6.07, 6.45) is 0. The van der Waals surface area contributed by atoms with Gasteiger partial charge in [-0.25, -0.2) is 4.98 Å². The quantitative estimate of drug-likeness (QED) is 0.389. The normalized spacial score (nSPS) is 12.0. The summed E-state index contributed by atoms with van der Waals surface area (Å²) in [5.74, 6) is 0.767. The molecule has 1 aliphatic rings. The average Bonchev–Trinajstić information content (AvgIpc) is 3.41. The summed E-state index contributed by atoms with van der Waals surface area (Å²) < 4.78 is 11.7. The third-order valence-corrected chi connectivity index (χ3v) is 6.24. The molecule has 2 N–H and O–H groups in total. The number of carbonyl (C=O) groups is 1. The summed E-state index contributed by atoms with van der Waals surface area (Å²) in [7, 11) is 0. The van der Waals surface area contributed by atoms with Crippen LogP contribution in [0.25, 0.3) is 20.8 Å². The second-order valence-corrected chi connectivity index (χ2v) is 8.50. The number of carbonyl (C=O) groups excluding carboxylic acids is 1.